The molecule has 92 valence electrons. The molecule has 3 rings (SSSR count). The summed E-state index contributed by atoms with van der Waals surface area (Å²) in [5.41, 5.74) is 2.12. The van der Waals surface area contributed by atoms with Crippen LogP contribution in [0.5, 0.6) is 0 Å². The van der Waals surface area contributed by atoms with Crippen LogP contribution in [0.25, 0.3) is 22.5 Å². The zero-order valence-corrected chi connectivity index (χ0v) is 10.5. The Labute approximate surface area is 105 Å². The van der Waals surface area contributed by atoms with E-state index in [9.17, 15) is 0 Å². The summed E-state index contributed by atoms with van der Waals surface area (Å²) in [6.07, 6.45) is 0. The van der Waals surface area contributed by atoms with Gasteiger partial charge in [-0.3, -0.25) is 0 Å². The van der Waals surface area contributed by atoms with Crippen molar-refractivity contribution < 1.29 is 8.83 Å². The summed E-state index contributed by atoms with van der Waals surface area (Å²) in [5, 5.41) is 4.17. The Balaban J connectivity index is 2.02. The van der Waals surface area contributed by atoms with Crippen LogP contribution in [0.2, 0.25) is 0 Å². The lowest BCUT2D eigenvalue weighted by atomic mass is 10.2. The van der Waals surface area contributed by atoms with Crippen molar-refractivity contribution in [1.29, 1.82) is 0 Å². The molecule has 18 heavy (non-hydrogen) atoms. The van der Waals surface area contributed by atoms with Gasteiger partial charge < -0.3 is 14.2 Å². The second kappa shape index (κ2) is 4.35. The van der Waals surface area contributed by atoms with Gasteiger partial charge in [0.1, 0.15) is 11.3 Å². The number of furan rings is 2. The first kappa shape index (κ1) is 11.1. The van der Waals surface area contributed by atoms with E-state index in [0.29, 0.717) is 0 Å². The molecular formula is C15H15NO2. The lowest BCUT2D eigenvalue weighted by molar-refractivity contribution is 0.489. The Morgan fingerprint density at radius 3 is 2.72 bits per heavy atom. The second-order valence-corrected chi connectivity index (χ2v) is 4.45. The van der Waals surface area contributed by atoms with Crippen LogP contribution in [0.4, 0.5) is 0 Å². The van der Waals surface area contributed by atoms with E-state index in [-0.39, 0.29) is 0 Å². The van der Waals surface area contributed by atoms with E-state index in [2.05, 4.69) is 18.3 Å². The molecule has 2 heterocycles. The minimum atomic E-state index is 0.722. The van der Waals surface area contributed by atoms with Gasteiger partial charge in [0.2, 0.25) is 0 Å². The fourth-order valence-electron chi connectivity index (χ4n) is 2.06. The summed E-state index contributed by atoms with van der Waals surface area (Å²) in [5.74, 6) is 2.45. The smallest absolute Gasteiger partial charge is 0.170 e. The van der Waals surface area contributed by atoms with Gasteiger partial charge in [-0.1, -0.05) is 11.6 Å². The Morgan fingerprint density at radius 2 is 1.89 bits per heavy atom. The first-order chi connectivity index (χ1) is 8.76. The predicted molar refractivity (Wildman–Crippen MR) is 71.4 cm³/mol. The highest BCUT2D eigenvalue weighted by atomic mass is 16.4. The van der Waals surface area contributed by atoms with Crippen molar-refractivity contribution in [2.45, 2.75) is 13.5 Å². The van der Waals surface area contributed by atoms with Crippen molar-refractivity contribution in [3.05, 3.63) is 47.7 Å². The zero-order chi connectivity index (χ0) is 12.5. The fraction of sp³-hybridized carbons (Fsp3) is 0.200. The molecule has 2 aromatic heterocycles. The molecule has 0 aliphatic rings. The Morgan fingerprint density at radius 1 is 1.00 bits per heavy atom. The van der Waals surface area contributed by atoms with Crippen molar-refractivity contribution in [3.8, 4) is 11.5 Å². The summed E-state index contributed by atoms with van der Waals surface area (Å²) >= 11 is 0. The van der Waals surface area contributed by atoms with Crippen molar-refractivity contribution in [2.75, 3.05) is 7.05 Å². The maximum absolute atomic E-state index is 5.79. The van der Waals surface area contributed by atoms with E-state index in [0.717, 1.165) is 34.8 Å². The standard InChI is InChI=1S/C15H15NO2/c1-10-3-5-13-11(7-10)8-15(18-13)14-6-4-12(17-14)9-16-2/h3-8,16H,9H2,1-2H3. The molecule has 3 aromatic rings. The predicted octanol–water partition coefficient (Wildman–Crippen LogP) is 3.72. The van der Waals surface area contributed by atoms with Crippen LogP contribution in [0.1, 0.15) is 11.3 Å². The highest BCUT2D eigenvalue weighted by molar-refractivity contribution is 5.82. The molecular weight excluding hydrogens is 226 g/mol. The summed E-state index contributed by atoms with van der Waals surface area (Å²) < 4.78 is 11.5. The van der Waals surface area contributed by atoms with Gasteiger partial charge in [-0.25, -0.2) is 0 Å². The highest BCUT2D eigenvalue weighted by Crippen LogP contribution is 2.29. The van der Waals surface area contributed by atoms with Crippen LogP contribution in [0.15, 0.2) is 45.2 Å². The van der Waals surface area contributed by atoms with Gasteiger partial charge in [-0.05, 0) is 44.3 Å². The average Bonchev–Trinajstić information content (AvgIpc) is 2.94. The van der Waals surface area contributed by atoms with E-state index in [1.54, 1.807) is 0 Å². The summed E-state index contributed by atoms with van der Waals surface area (Å²) in [4.78, 5) is 0. The molecule has 3 nitrogen and oxygen atoms in total. The average molecular weight is 241 g/mol. The SMILES string of the molecule is CNCc1ccc(-c2cc3cc(C)ccc3o2)o1. The van der Waals surface area contributed by atoms with Crippen LogP contribution in [-0.2, 0) is 6.54 Å². The molecule has 3 heteroatoms. The molecule has 0 amide bonds. The first-order valence-corrected chi connectivity index (χ1v) is 6.00. The topological polar surface area (TPSA) is 38.3 Å². The quantitative estimate of drug-likeness (QED) is 0.759. The van der Waals surface area contributed by atoms with Gasteiger partial charge in [0.05, 0.1) is 6.54 Å². The molecule has 0 saturated carbocycles. The molecule has 0 spiro atoms. The van der Waals surface area contributed by atoms with Gasteiger partial charge in [0.25, 0.3) is 0 Å². The Hall–Kier alpha value is -2.00. The highest BCUT2D eigenvalue weighted by Gasteiger charge is 2.10. The Kier molecular flexibility index (Phi) is 2.68. The summed E-state index contributed by atoms with van der Waals surface area (Å²) in [7, 11) is 1.89. The number of benzene rings is 1. The third-order valence-electron chi connectivity index (χ3n) is 2.93. The maximum atomic E-state index is 5.79. The largest absolute Gasteiger partial charge is 0.456 e. The molecule has 0 saturated heterocycles. The number of hydrogen-bond acceptors (Lipinski definition) is 3. The third-order valence-corrected chi connectivity index (χ3v) is 2.93. The van der Waals surface area contributed by atoms with E-state index < -0.39 is 0 Å². The van der Waals surface area contributed by atoms with E-state index >= 15 is 0 Å². The van der Waals surface area contributed by atoms with Gasteiger partial charge >= 0.3 is 0 Å². The van der Waals surface area contributed by atoms with Gasteiger partial charge in [0.15, 0.2) is 11.5 Å². The lowest BCUT2D eigenvalue weighted by Gasteiger charge is -1.93. The molecule has 0 aliphatic heterocycles. The summed E-state index contributed by atoms with van der Waals surface area (Å²) in [6, 6.07) is 12.1. The fourth-order valence-corrected chi connectivity index (χ4v) is 2.06. The monoisotopic (exact) mass is 241 g/mol. The van der Waals surface area contributed by atoms with E-state index in [4.69, 9.17) is 8.83 Å². The normalized spacial score (nSPS) is 11.2. The van der Waals surface area contributed by atoms with Crippen LogP contribution < -0.4 is 5.32 Å². The summed E-state index contributed by atoms with van der Waals surface area (Å²) in [6.45, 7) is 2.80. The maximum Gasteiger partial charge on any atom is 0.170 e. The molecule has 0 unspecified atom stereocenters. The van der Waals surface area contributed by atoms with Crippen LogP contribution in [-0.4, -0.2) is 7.05 Å². The zero-order valence-electron chi connectivity index (χ0n) is 10.5. The molecule has 0 bridgehead atoms. The van der Waals surface area contributed by atoms with Crippen molar-refractivity contribution in [2.24, 2.45) is 0 Å². The number of aryl methyl sites for hydroxylation is 1. The molecule has 0 radical (unpaired) electrons. The van der Waals surface area contributed by atoms with Crippen LogP contribution >= 0.6 is 0 Å². The molecule has 0 aliphatic carbocycles. The molecule has 0 atom stereocenters. The molecule has 0 fully saturated rings. The van der Waals surface area contributed by atoms with Crippen LogP contribution in [0, 0.1) is 6.92 Å². The van der Waals surface area contributed by atoms with Gasteiger partial charge in [-0.15, -0.1) is 0 Å². The minimum Gasteiger partial charge on any atom is -0.456 e. The van der Waals surface area contributed by atoms with Crippen molar-refractivity contribution >= 4 is 11.0 Å². The number of hydrogen-bond donors (Lipinski definition) is 1. The van der Waals surface area contributed by atoms with Crippen molar-refractivity contribution in [3.63, 3.8) is 0 Å². The third kappa shape index (κ3) is 1.93. The number of rotatable bonds is 3. The molecule has 1 aromatic carbocycles. The molecule has 1 N–H and O–H groups in total. The van der Waals surface area contributed by atoms with Gasteiger partial charge in [0, 0.05) is 5.39 Å². The van der Waals surface area contributed by atoms with E-state index in [1.165, 1.54) is 5.56 Å². The first-order valence-electron chi connectivity index (χ1n) is 6.00. The number of nitrogens with one attached hydrogen (secondary N) is 1. The van der Waals surface area contributed by atoms with Crippen molar-refractivity contribution in [1.82, 2.24) is 5.32 Å². The minimum absolute atomic E-state index is 0.722. The second-order valence-electron chi connectivity index (χ2n) is 4.45. The number of fused-ring (bicyclic) bond motifs is 1. The van der Waals surface area contributed by atoms with E-state index in [1.807, 2.05) is 37.4 Å². The Bertz CT molecular complexity index is 679. The van der Waals surface area contributed by atoms with Gasteiger partial charge in [-0.2, -0.15) is 0 Å². The van der Waals surface area contributed by atoms with Crippen LogP contribution in [0.3, 0.4) is 0 Å². The lowest BCUT2D eigenvalue weighted by Crippen LogP contribution is -2.03.